The van der Waals surface area contributed by atoms with Crippen LogP contribution in [0.3, 0.4) is 0 Å². The van der Waals surface area contributed by atoms with Crippen LogP contribution in [-0.4, -0.2) is 22.4 Å². The zero-order valence-electron chi connectivity index (χ0n) is 8.87. The van der Waals surface area contributed by atoms with Gasteiger partial charge in [-0.2, -0.15) is 5.10 Å². The number of hydrogen-bond donors (Lipinski definition) is 1. The van der Waals surface area contributed by atoms with Gasteiger partial charge in [-0.3, -0.25) is 4.68 Å². The third kappa shape index (κ3) is 2.84. The maximum absolute atomic E-state index is 4.26. The number of aryl methyl sites for hydroxylation is 2. The highest BCUT2D eigenvalue weighted by Crippen LogP contribution is 2.18. The second kappa shape index (κ2) is 4.60. The molecule has 14 heavy (non-hydrogen) atoms. The van der Waals surface area contributed by atoms with Crippen molar-refractivity contribution in [3.63, 3.8) is 0 Å². The Morgan fingerprint density at radius 1 is 1.50 bits per heavy atom. The molecule has 1 saturated carbocycles. The van der Waals surface area contributed by atoms with Crippen molar-refractivity contribution in [1.29, 1.82) is 0 Å². The highest BCUT2D eigenvalue weighted by molar-refractivity contribution is 4.96. The molecule has 1 N–H and O–H groups in total. The maximum atomic E-state index is 4.26. The van der Waals surface area contributed by atoms with Crippen molar-refractivity contribution in [2.24, 2.45) is 0 Å². The second-order valence-corrected chi connectivity index (χ2v) is 4.13. The minimum absolute atomic E-state index is 0.849. The first-order valence-electron chi connectivity index (χ1n) is 5.58. The van der Waals surface area contributed by atoms with Gasteiger partial charge in [0, 0.05) is 24.5 Å². The first-order valence-corrected chi connectivity index (χ1v) is 5.58. The van der Waals surface area contributed by atoms with Gasteiger partial charge in [-0.1, -0.05) is 0 Å². The van der Waals surface area contributed by atoms with E-state index in [2.05, 4.69) is 28.1 Å². The van der Waals surface area contributed by atoms with Gasteiger partial charge in [-0.15, -0.1) is 0 Å². The Kier molecular flexibility index (Phi) is 3.19. The molecule has 3 heteroatoms. The van der Waals surface area contributed by atoms with E-state index in [9.17, 15) is 0 Å². The van der Waals surface area contributed by atoms with Gasteiger partial charge in [0.15, 0.2) is 0 Å². The summed E-state index contributed by atoms with van der Waals surface area (Å²) in [6, 6.07) is 2.91. The lowest BCUT2D eigenvalue weighted by molar-refractivity contribution is 0.526. The summed E-state index contributed by atoms with van der Waals surface area (Å²) in [5, 5.41) is 7.78. The van der Waals surface area contributed by atoms with Gasteiger partial charge >= 0.3 is 0 Å². The van der Waals surface area contributed by atoms with Crippen LogP contribution in [0.4, 0.5) is 0 Å². The number of unbranched alkanes of at least 4 members (excludes halogenated alkanes) is 1. The van der Waals surface area contributed by atoms with E-state index < -0.39 is 0 Å². The summed E-state index contributed by atoms with van der Waals surface area (Å²) in [5.74, 6) is 0. The van der Waals surface area contributed by atoms with Gasteiger partial charge in [-0.05, 0) is 45.2 Å². The van der Waals surface area contributed by atoms with Crippen LogP contribution in [0.2, 0.25) is 0 Å². The molecule has 1 aromatic rings. The molecule has 1 aliphatic rings. The SMILES string of the molecule is Cc1ccnn1CCCCNC1CC1. The Balaban J connectivity index is 1.56. The molecule has 0 unspecified atom stereocenters. The number of aromatic nitrogens is 2. The Morgan fingerprint density at radius 3 is 3.00 bits per heavy atom. The van der Waals surface area contributed by atoms with Crippen LogP contribution in [0.1, 0.15) is 31.4 Å². The fraction of sp³-hybridized carbons (Fsp3) is 0.727. The monoisotopic (exact) mass is 193 g/mol. The van der Waals surface area contributed by atoms with Crippen molar-refractivity contribution >= 4 is 0 Å². The molecule has 0 aliphatic heterocycles. The summed E-state index contributed by atoms with van der Waals surface area (Å²) in [7, 11) is 0. The number of nitrogens with one attached hydrogen (secondary N) is 1. The van der Waals surface area contributed by atoms with E-state index in [1.165, 1.54) is 37.9 Å². The lowest BCUT2D eigenvalue weighted by Crippen LogP contribution is -2.17. The molecule has 1 aromatic heterocycles. The molecule has 1 fully saturated rings. The lowest BCUT2D eigenvalue weighted by atomic mass is 10.3. The van der Waals surface area contributed by atoms with Gasteiger partial charge in [0.2, 0.25) is 0 Å². The minimum Gasteiger partial charge on any atom is -0.314 e. The van der Waals surface area contributed by atoms with E-state index in [0.29, 0.717) is 0 Å². The van der Waals surface area contributed by atoms with Gasteiger partial charge in [0.05, 0.1) is 0 Å². The molecule has 0 saturated heterocycles. The summed E-state index contributed by atoms with van der Waals surface area (Å²) in [4.78, 5) is 0. The minimum atomic E-state index is 0.849. The molecule has 2 rings (SSSR count). The summed E-state index contributed by atoms with van der Waals surface area (Å²) in [6.45, 7) is 4.34. The first kappa shape index (κ1) is 9.71. The Labute approximate surface area is 85.5 Å². The average molecular weight is 193 g/mol. The van der Waals surface area contributed by atoms with Gasteiger partial charge in [0.25, 0.3) is 0 Å². The number of hydrogen-bond acceptors (Lipinski definition) is 2. The summed E-state index contributed by atoms with van der Waals surface area (Å²) in [5.41, 5.74) is 1.26. The van der Waals surface area contributed by atoms with Crippen LogP contribution in [-0.2, 0) is 6.54 Å². The van der Waals surface area contributed by atoms with Gasteiger partial charge < -0.3 is 5.32 Å². The fourth-order valence-electron chi connectivity index (χ4n) is 1.61. The van der Waals surface area contributed by atoms with Crippen molar-refractivity contribution in [2.45, 2.75) is 45.2 Å². The fourth-order valence-corrected chi connectivity index (χ4v) is 1.61. The first-order chi connectivity index (χ1) is 6.86. The largest absolute Gasteiger partial charge is 0.314 e. The second-order valence-electron chi connectivity index (χ2n) is 4.13. The average Bonchev–Trinajstić information content (AvgIpc) is 2.91. The number of rotatable bonds is 6. The van der Waals surface area contributed by atoms with Crippen molar-refractivity contribution < 1.29 is 0 Å². The van der Waals surface area contributed by atoms with E-state index in [1.54, 1.807) is 0 Å². The number of nitrogens with zero attached hydrogens (tertiary/aromatic N) is 2. The highest BCUT2D eigenvalue weighted by Gasteiger charge is 2.19. The molecule has 0 spiro atoms. The summed E-state index contributed by atoms with van der Waals surface area (Å²) < 4.78 is 2.08. The Bertz CT molecular complexity index is 276. The normalized spacial score (nSPS) is 16.1. The topological polar surface area (TPSA) is 29.9 Å². The Morgan fingerprint density at radius 2 is 2.36 bits per heavy atom. The molecule has 3 nitrogen and oxygen atoms in total. The maximum Gasteiger partial charge on any atom is 0.0492 e. The molecule has 0 bridgehead atoms. The zero-order chi connectivity index (χ0) is 9.80. The Hall–Kier alpha value is -0.830. The summed E-state index contributed by atoms with van der Waals surface area (Å²) in [6.07, 6.45) is 7.13. The van der Waals surface area contributed by atoms with Crippen LogP contribution in [0.25, 0.3) is 0 Å². The molecular weight excluding hydrogens is 174 g/mol. The van der Waals surface area contributed by atoms with Gasteiger partial charge in [-0.25, -0.2) is 0 Å². The zero-order valence-corrected chi connectivity index (χ0v) is 8.87. The summed E-state index contributed by atoms with van der Waals surface area (Å²) >= 11 is 0. The van der Waals surface area contributed by atoms with Crippen molar-refractivity contribution in [3.05, 3.63) is 18.0 Å². The predicted octanol–water partition coefficient (Wildman–Crippen LogP) is 1.72. The van der Waals surface area contributed by atoms with Crippen molar-refractivity contribution in [2.75, 3.05) is 6.54 Å². The molecular formula is C11H19N3. The quantitative estimate of drug-likeness (QED) is 0.697. The van der Waals surface area contributed by atoms with E-state index in [4.69, 9.17) is 0 Å². The molecule has 1 aliphatic carbocycles. The smallest absolute Gasteiger partial charge is 0.0492 e. The van der Waals surface area contributed by atoms with Crippen LogP contribution in [0, 0.1) is 6.92 Å². The molecule has 0 amide bonds. The van der Waals surface area contributed by atoms with E-state index in [1.807, 2.05) is 6.20 Å². The molecule has 0 atom stereocenters. The standard InChI is InChI=1S/C11H19N3/c1-10-6-8-13-14(10)9-3-2-7-12-11-4-5-11/h6,8,11-12H,2-5,7,9H2,1H3. The van der Waals surface area contributed by atoms with Crippen LogP contribution in [0.5, 0.6) is 0 Å². The molecule has 0 radical (unpaired) electrons. The van der Waals surface area contributed by atoms with E-state index in [0.717, 1.165) is 12.6 Å². The molecule has 78 valence electrons. The van der Waals surface area contributed by atoms with Crippen LogP contribution < -0.4 is 5.32 Å². The third-order valence-electron chi connectivity index (χ3n) is 2.74. The van der Waals surface area contributed by atoms with Crippen molar-refractivity contribution in [3.8, 4) is 0 Å². The predicted molar refractivity (Wildman–Crippen MR) is 57.2 cm³/mol. The molecule has 1 heterocycles. The third-order valence-corrected chi connectivity index (χ3v) is 2.74. The van der Waals surface area contributed by atoms with E-state index >= 15 is 0 Å². The van der Waals surface area contributed by atoms with Crippen molar-refractivity contribution in [1.82, 2.24) is 15.1 Å². The van der Waals surface area contributed by atoms with Crippen LogP contribution >= 0.6 is 0 Å². The molecule has 0 aromatic carbocycles. The van der Waals surface area contributed by atoms with E-state index in [-0.39, 0.29) is 0 Å². The highest BCUT2D eigenvalue weighted by atomic mass is 15.3. The van der Waals surface area contributed by atoms with Gasteiger partial charge in [0.1, 0.15) is 0 Å². The lowest BCUT2D eigenvalue weighted by Gasteiger charge is -2.04. The van der Waals surface area contributed by atoms with Crippen LogP contribution in [0.15, 0.2) is 12.3 Å².